The molecule has 0 aromatic heterocycles. The molecular weight excluding hydrogens is 238 g/mol. The first kappa shape index (κ1) is 16.9. The fourth-order valence-electron chi connectivity index (χ4n) is 3.62. The highest BCUT2D eigenvalue weighted by molar-refractivity contribution is 5.01. The molecule has 0 amide bonds. The van der Waals surface area contributed by atoms with Crippen LogP contribution in [0.15, 0.2) is 0 Å². The van der Waals surface area contributed by atoms with Crippen LogP contribution in [0.5, 0.6) is 0 Å². The minimum absolute atomic E-state index is 0.0354. The Bertz CT molecular complexity index is 276. The second-order valence-corrected chi connectivity index (χ2v) is 6.76. The molecule has 0 spiro atoms. The van der Waals surface area contributed by atoms with Crippen molar-refractivity contribution in [3.63, 3.8) is 0 Å². The van der Waals surface area contributed by atoms with Gasteiger partial charge in [-0.2, -0.15) is 0 Å². The predicted octanol–water partition coefficient (Wildman–Crippen LogP) is 3.37. The van der Waals surface area contributed by atoms with Crippen LogP contribution in [-0.4, -0.2) is 36.5 Å². The normalized spacial score (nSPS) is 28.3. The monoisotopic (exact) mass is 271 g/mol. The maximum absolute atomic E-state index is 6.25. The third-order valence-electron chi connectivity index (χ3n) is 4.20. The summed E-state index contributed by atoms with van der Waals surface area (Å²) in [5.41, 5.74) is -0.132. The molecule has 3 atom stereocenters. The molecule has 1 N–H and O–H groups in total. The van der Waals surface area contributed by atoms with E-state index in [2.05, 4.69) is 53.8 Å². The lowest BCUT2D eigenvalue weighted by Gasteiger charge is -2.37. The highest BCUT2D eigenvalue weighted by Crippen LogP contribution is 2.44. The van der Waals surface area contributed by atoms with Crippen molar-refractivity contribution in [2.24, 2.45) is 5.92 Å². The zero-order valence-corrected chi connectivity index (χ0v) is 13.9. The zero-order valence-electron chi connectivity index (χ0n) is 13.9. The van der Waals surface area contributed by atoms with Crippen LogP contribution in [0.3, 0.4) is 0 Å². The third-order valence-corrected chi connectivity index (χ3v) is 4.20. The summed E-state index contributed by atoms with van der Waals surface area (Å²) in [6, 6.07) is 0.367. The Labute approximate surface area is 119 Å². The van der Waals surface area contributed by atoms with Crippen LogP contribution < -0.4 is 5.32 Å². The summed E-state index contributed by atoms with van der Waals surface area (Å²) < 4.78 is 12.2. The van der Waals surface area contributed by atoms with Crippen molar-refractivity contribution < 1.29 is 9.47 Å². The smallest absolute Gasteiger partial charge is 0.0729 e. The third kappa shape index (κ3) is 4.17. The Morgan fingerprint density at radius 2 is 1.84 bits per heavy atom. The molecule has 0 radical (unpaired) electrons. The molecule has 1 aliphatic rings. The first-order valence-electron chi connectivity index (χ1n) is 7.82. The van der Waals surface area contributed by atoms with Crippen molar-refractivity contribution in [1.82, 2.24) is 5.32 Å². The molecular formula is C16H33NO2. The molecule has 0 aromatic carbocycles. The second kappa shape index (κ2) is 6.55. The number of likely N-dealkylation sites (N-methyl/N-ethyl adjacent to an activating group) is 1. The van der Waals surface area contributed by atoms with Crippen LogP contribution in [0.4, 0.5) is 0 Å². The number of hydrogen-bond donors (Lipinski definition) is 1. The maximum Gasteiger partial charge on any atom is 0.0729 e. The summed E-state index contributed by atoms with van der Waals surface area (Å²) in [6.07, 6.45) is 2.39. The quantitative estimate of drug-likeness (QED) is 0.770. The molecule has 0 aromatic rings. The van der Waals surface area contributed by atoms with Crippen molar-refractivity contribution in [2.75, 3.05) is 13.2 Å². The van der Waals surface area contributed by atoms with Crippen LogP contribution in [0.2, 0.25) is 0 Å². The SMILES string of the molecule is CCNC(C(CC)OCC)C1CC(C)(C)OC1(C)C. The summed E-state index contributed by atoms with van der Waals surface area (Å²) in [6.45, 7) is 17.0. The van der Waals surface area contributed by atoms with Crippen molar-refractivity contribution in [1.29, 1.82) is 0 Å². The average molecular weight is 271 g/mol. The fourth-order valence-corrected chi connectivity index (χ4v) is 3.62. The second-order valence-electron chi connectivity index (χ2n) is 6.76. The molecule has 3 nitrogen and oxygen atoms in total. The van der Waals surface area contributed by atoms with Gasteiger partial charge in [-0.1, -0.05) is 13.8 Å². The van der Waals surface area contributed by atoms with Gasteiger partial charge in [0.25, 0.3) is 0 Å². The molecule has 3 heteroatoms. The number of hydrogen-bond acceptors (Lipinski definition) is 3. The molecule has 3 unspecified atom stereocenters. The van der Waals surface area contributed by atoms with Gasteiger partial charge in [-0.05, 0) is 54.0 Å². The number of rotatable bonds is 7. The van der Waals surface area contributed by atoms with Gasteiger partial charge in [0.2, 0.25) is 0 Å². The van der Waals surface area contributed by atoms with E-state index in [9.17, 15) is 0 Å². The van der Waals surface area contributed by atoms with Gasteiger partial charge in [-0.15, -0.1) is 0 Å². The van der Waals surface area contributed by atoms with E-state index in [0.29, 0.717) is 12.0 Å². The lowest BCUT2D eigenvalue weighted by Crippen LogP contribution is -2.51. The van der Waals surface area contributed by atoms with Gasteiger partial charge < -0.3 is 14.8 Å². The van der Waals surface area contributed by atoms with E-state index in [4.69, 9.17) is 9.47 Å². The Hall–Kier alpha value is -0.120. The molecule has 19 heavy (non-hydrogen) atoms. The van der Waals surface area contributed by atoms with Crippen molar-refractivity contribution in [3.8, 4) is 0 Å². The average Bonchev–Trinajstić information content (AvgIpc) is 2.51. The van der Waals surface area contributed by atoms with E-state index < -0.39 is 0 Å². The highest BCUT2D eigenvalue weighted by atomic mass is 16.5. The minimum atomic E-state index is -0.0964. The molecule has 1 saturated heterocycles. The van der Waals surface area contributed by atoms with E-state index in [1.807, 2.05) is 0 Å². The molecule has 1 aliphatic heterocycles. The molecule has 114 valence electrons. The standard InChI is InChI=1S/C16H33NO2/c1-8-13(18-10-3)14(17-9-2)12-11-15(4,5)19-16(12,6)7/h12-14,17H,8-11H2,1-7H3. The Morgan fingerprint density at radius 3 is 2.21 bits per heavy atom. The van der Waals surface area contributed by atoms with E-state index in [-0.39, 0.29) is 17.3 Å². The molecule has 1 fully saturated rings. The van der Waals surface area contributed by atoms with Gasteiger partial charge in [0, 0.05) is 18.6 Å². The Morgan fingerprint density at radius 1 is 1.21 bits per heavy atom. The van der Waals surface area contributed by atoms with Gasteiger partial charge in [0.1, 0.15) is 0 Å². The summed E-state index contributed by atoms with van der Waals surface area (Å²) in [4.78, 5) is 0. The van der Waals surface area contributed by atoms with Gasteiger partial charge in [-0.3, -0.25) is 0 Å². The van der Waals surface area contributed by atoms with Crippen LogP contribution >= 0.6 is 0 Å². The largest absolute Gasteiger partial charge is 0.377 e. The maximum atomic E-state index is 6.25. The molecule has 0 aliphatic carbocycles. The topological polar surface area (TPSA) is 30.5 Å². The predicted molar refractivity (Wildman–Crippen MR) is 80.5 cm³/mol. The van der Waals surface area contributed by atoms with Crippen LogP contribution in [0, 0.1) is 5.92 Å². The van der Waals surface area contributed by atoms with E-state index in [0.717, 1.165) is 26.0 Å². The van der Waals surface area contributed by atoms with Crippen LogP contribution in [0.1, 0.15) is 61.3 Å². The first-order chi connectivity index (χ1) is 8.77. The first-order valence-corrected chi connectivity index (χ1v) is 7.82. The number of ether oxygens (including phenoxy) is 2. The molecule has 1 rings (SSSR count). The van der Waals surface area contributed by atoms with Crippen LogP contribution in [0.25, 0.3) is 0 Å². The summed E-state index contributed by atoms with van der Waals surface area (Å²) >= 11 is 0. The Balaban J connectivity index is 2.91. The lowest BCUT2D eigenvalue weighted by atomic mass is 9.79. The van der Waals surface area contributed by atoms with Crippen molar-refractivity contribution >= 4 is 0 Å². The lowest BCUT2D eigenvalue weighted by molar-refractivity contribution is -0.0860. The van der Waals surface area contributed by atoms with Gasteiger partial charge >= 0.3 is 0 Å². The van der Waals surface area contributed by atoms with E-state index >= 15 is 0 Å². The van der Waals surface area contributed by atoms with Gasteiger partial charge in [0.05, 0.1) is 17.3 Å². The zero-order chi connectivity index (χ0) is 14.7. The van der Waals surface area contributed by atoms with Crippen molar-refractivity contribution in [3.05, 3.63) is 0 Å². The molecule has 0 saturated carbocycles. The van der Waals surface area contributed by atoms with Crippen LogP contribution in [-0.2, 0) is 9.47 Å². The minimum Gasteiger partial charge on any atom is -0.377 e. The Kier molecular flexibility index (Phi) is 5.84. The van der Waals surface area contributed by atoms with E-state index in [1.165, 1.54) is 0 Å². The van der Waals surface area contributed by atoms with E-state index in [1.54, 1.807) is 0 Å². The number of nitrogens with one attached hydrogen (secondary N) is 1. The summed E-state index contributed by atoms with van der Waals surface area (Å²) in [5.74, 6) is 0.485. The highest BCUT2D eigenvalue weighted by Gasteiger charge is 2.50. The molecule has 0 bridgehead atoms. The fraction of sp³-hybridized carbons (Fsp3) is 1.00. The van der Waals surface area contributed by atoms with Gasteiger partial charge in [0.15, 0.2) is 0 Å². The van der Waals surface area contributed by atoms with Crippen molar-refractivity contribution in [2.45, 2.75) is 84.7 Å². The summed E-state index contributed by atoms with van der Waals surface area (Å²) in [7, 11) is 0. The summed E-state index contributed by atoms with van der Waals surface area (Å²) in [5, 5.41) is 3.65. The molecule has 1 heterocycles. The van der Waals surface area contributed by atoms with Gasteiger partial charge in [-0.25, -0.2) is 0 Å².